The van der Waals surface area contributed by atoms with E-state index in [9.17, 15) is 0 Å². The average Bonchev–Trinajstić information content (AvgIpc) is 1.31. The Morgan fingerprint density at radius 2 is 0.549 bits per heavy atom. The second-order valence-electron chi connectivity index (χ2n) is 34.0. The van der Waals surface area contributed by atoms with Crippen LogP contribution in [0.5, 0.6) is 0 Å². The van der Waals surface area contributed by atoms with E-state index in [4.69, 9.17) is 0 Å². The number of rotatable bonds is 11. The third-order valence-corrected chi connectivity index (χ3v) is 23.9. The molecule has 2 aliphatic heterocycles. The lowest BCUT2D eigenvalue weighted by Gasteiger charge is -2.46. The summed E-state index contributed by atoms with van der Waals surface area (Å²) in [5.41, 5.74) is 36.5. The van der Waals surface area contributed by atoms with Crippen molar-refractivity contribution in [1.29, 1.82) is 0 Å². The molecule has 0 aliphatic carbocycles. The maximum atomic E-state index is 2.74. The van der Waals surface area contributed by atoms with Crippen molar-refractivity contribution in [1.82, 2.24) is 9.13 Å². The van der Waals surface area contributed by atoms with E-state index in [0.29, 0.717) is 0 Å². The molecule has 20 rings (SSSR count). The first-order valence-electron chi connectivity index (χ1n) is 39.9. The molecule has 0 saturated heterocycles. The monoisotopic (exact) mass is 1450 g/mol. The maximum Gasteiger partial charge on any atom is 0.252 e. The van der Waals surface area contributed by atoms with Gasteiger partial charge in [0.2, 0.25) is 0 Å². The van der Waals surface area contributed by atoms with Crippen molar-refractivity contribution in [3.63, 3.8) is 0 Å². The summed E-state index contributed by atoms with van der Waals surface area (Å²) >= 11 is 0. The standard InChI is InChI=1S/C108H87BN4/c1-106(2,3)80-59-77(60-81(66-80)107(4,5)6)76-53-57-93-97(65-76)112(102-89(72-39-21-12-22-40-72)61-78(70-35-17-10-18-36-70)62-90(102)73-41-23-13-24-42-73)99-67-82(108(7,8)9)68-100-101(99)109(93)94-58-54-84(111-96-52-34-32-50-86(96)88-56-55-87-85-49-31-33-51-95(85)110(104(87)105(88)111)83-47-29-16-30-48-83)69-98(94)113(100)103-91(74-43-25-14-26-44-74)63-79(71-37-19-11-20-38-71)64-92(103)75-45-27-15-28-46-75/h10-69H,1-9H3. The third kappa shape index (κ3) is 11.7. The molecule has 0 spiro atoms. The molecular formula is C108H87BN4. The van der Waals surface area contributed by atoms with E-state index < -0.39 is 0 Å². The van der Waals surface area contributed by atoms with Gasteiger partial charge in [-0.25, -0.2) is 0 Å². The van der Waals surface area contributed by atoms with Crippen molar-refractivity contribution < 1.29 is 0 Å². The normalized spacial score (nSPS) is 12.8. The molecule has 4 heterocycles. The van der Waals surface area contributed by atoms with Crippen LogP contribution in [0.15, 0.2) is 364 Å². The Morgan fingerprint density at radius 3 is 0.947 bits per heavy atom. The average molecular weight is 1450 g/mol. The van der Waals surface area contributed by atoms with Crippen molar-refractivity contribution in [2.75, 3.05) is 9.80 Å². The molecule has 0 bridgehead atoms. The highest BCUT2D eigenvalue weighted by atomic mass is 15.2. The maximum absolute atomic E-state index is 2.74. The van der Waals surface area contributed by atoms with E-state index in [1.165, 1.54) is 76.8 Å². The SMILES string of the molecule is CC(C)(C)c1cc(-c2ccc3c(c2)N(c2c(-c4ccccc4)cc(-c4ccccc4)cc2-c2ccccc2)c2cc(C(C)(C)C)cc4c2B3c2ccc(-n3c5ccccc5c5ccc6c7ccccc7n(-c7ccccc7)c6c53)cc2N4c2c(-c3ccccc3)cc(-c3ccccc3)cc2-c2ccccc2)cc(C(C)(C)C)c1. The molecule has 113 heavy (non-hydrogen) atoms. The van der Waals surface area contributed by atoms with Crippen LogP contribution in [0.1, 0.15) is 79.0 Å². The van der Waals surface area contributed by atoms with E-state index in [0.717, 1.165) is 123 Å². The molecule has 0 N–H and O–H groups in total. The van der Waals surface area contributed by atoms with Crippen LogP contribution in [0.3, 0.4) is 0 Å². The molecule has 0 unspecified atom stereocenters. The van der Waals surface area contributed by atoms with Crippen LogP contribution in [0.4, 0.5) is 34.1 Å². The van der Waals surface area contributed by atoms with Gasteiger partial charge >= 0.3 is 0 Å². The first kappa shape index (κ1) is 69.0. The number of aromatic nitrogens is 2. The van der Waals surface area contributed by atoms with Crippen LogP contribution < -0.4 is 26.2 Å². The fourth-order valence-corrected chi connectivity index (χ4v) is 18.2. The Kier molecular flexibility index (Phi) is 16.4. The lowest BCUT2D eigenvalue weighted by molar-refractivity contribution is 0.569. The second kappa shape index (κ2) is 26.8. The summed E-state index contributed by atoms with van der Waals surface area (Å²) < 4.78 is 5.11. The molecule has 4 nitrogen and oxygen atoms in total. The van der Waals surface area contributed by atoms with Crippen molar-refractivity contribution in [3.8, 4) is 89.3 Å². The van der Waals surface area contributed by atoms with Gasteiger partial charge in [0, 0.05) is 77.9 Å². The summed E-state index contributed by atoms with van der Waals surface area (Å²) in [5, 5.41) is 4.82. The molecule has 0 saturated carbocycles. The number of fused-ring (bicyclic) bond motifs is 11. The zero-order valence-electron chi connectivity index (χ0n) is 65.5. The first-order valence-corrected chi connectivity index (χ1v) is 39.9. The summed E-state index contributed by atoms with van der Waals surface area (Å²) in [4.78, 5) is 5.48. The Morgan fingerprint density at radius 1 is 0.221 bits per heavy atom. The number of benzene rings is 16. The molecule has 16 aromatic carbocycles. The zero-order chi connectivity index (χ0) is 76.6. The van der Waals surface area contributed by atoms with Gasteiger partial charge in [-0.3, -0.25) is 0 Å². The second-order valence-corrected chi connectivity index (χ2v) is 34.0. The van der Waals surface area contributed by atoms with Gasteiger partial charge in [0.15, 0.2) is 0 Å². The largest absolute Gasteiger partial charge is 0.310 e. The Labute approximate surface area is 663 Å². The Bertz CT molecular complexity index is 6610. The zero-order valence-corrected chi connectivity index (χ0v) is 65.5. The van der Waals surface area contributed by atoms with Crippen LogP contribution in [-0.2, 0) is 16.2 Å². The van der Waals surface area contributed by atoms with Gasteiger partial charge < -0.3 is 18.9 Å². The minimum atomic E-state index is -0.367. The van der Waals surface area contributed by atoms with Crippen molar-refractivity contribution in [2.45, 2.75) is 78.6 Å². The third-order valence-electron chi connectivity index (χ3n) is 23.9. The van der Waals surface area contributed by atoms with Crippen LogP contribution in [0.25, 0.3) is 133 Å². The summed E-state index contributed by atoms with van der Waals surface area (Å²) in [6, 6.07) is 138. The van der Waals surface area contributed by atoms with Crippen molar-refractivity contribution >= 4 is 101 Å². The number of anilines is 6. The van der Waals surface area contributed by atoms with Crippen LogP contribution in [0, 0.1) is 0 Å². The van der Waals surface area contributed by atoms with Crippen molar-refractivity contribution in [3.05, 3.63) is 381 Å². The fraction of sp³-hybridized carbons (Fsp3) is 0.111. The summed E-state index contributed by atoms with van der Waals surface area (Å²) in [7, 11) is 0. The number of hydrogen-bond donors (Lipinski definition) is 0. The van der Waals surface area contributed by atoms with E-state index in [2.05, 4.69) is 445 Å². The first-order chi connectivity index (χ1) is 55.0. The van der Waals surface area contributed by atoms with Crippen LogP contribution >= 0.6 is 0 Å². The molecule has 0 amide bonds. The summed E-state index contributed by atoms with van der Waals surface area (Å²) in [5.74, 6) is 0. The van der Waals surface area contributed by atoms with Gasteiger partial charge in [0.1, 0.15) is 0 Å². The molecule has 18 aromatic rings. The highest BCUT2D eigenvalue weighted by molar-refractivity contribution is 7.00. The highest BCUT2D eigenvalue weighted by Gasteiger charge is 2.47. The highest BCUT2D eigenvalue weighted by Crippen LogP contribution is 2.56. The predicted molar refractivity (Wildman–Crippen MR) is 483 cm³/mol. The fourth-order valence-electron chi connectivity index (χ4n) is 18.2. The lowest BCUT2D eigenvalue weighted by Crippen LogP contribution is -2.61. The Hall–Kier alpha value is -13.2. The van der Waals surface area contributed by atoms with Crippen molar-refractivity contribution in [2.24, 2.45) is 0 Å². The topological polar surface area (TPSA) is 16.3 Å². The molecule has 2 aromatic heterocycles. The van der Waals surface area contributed by atoms with Gasteiger partial charge in [-0.1, -0.05) is 347 Å². The van der Waals surface area contributed by atoms with Gasteiger partial charge in [-0.2, -0.15) is 0 Å². The predicted octanol–water partition coefficient (Wildman–Crippen LogP) is 27.5. The lowest BCUT2D eigenvalue weighted by atomic mass is 9.33. The quantitative estimate of drug-likeness (QED) is 0.120. The number of para-hydroxylation sites is 3. The minimum absolute atomic E-state index is 0.116. The Balaban J connectivity index is 0.974. The summed E-state index contributed by atoms with van der Waals surface area (Å²) in [6.07, 6.45) is 0. The molecule has 0 fully saturated rings. The molecular weight excluding hydrogens is 1360 g/mol. The molecule has 5 heteroatoms. The van der Waals surface area contributed by atoms with Crippen LogP contribution in [0.2, 0.25) is 0 Å². The molecule has 2 aliphatic rings. The molecule has 542 valence electrons. The van der Waals surface area contributed by atoms with E-state index in [1.54, 1.807) is 0 Å². The van der Waals surface area contributed by atoms with Gasteiger partial charge in [0.05, 0.1) is 33.4 Å². The van der Waals surface area contributed by atoms with E-state index in [-0.39, 0.29) is 23.0 Å². The van der Waals surface area contributed by atoms with Gasteiger partial charge in [-0.05, 0) is 184 Å². The van der Waals surface area contributed by atoms with Gasteiger partial charge in [0.25, 0.3) is 6.71 Å². The summed E-state index contributed by atoms with van der Waals surface area (Å²) in [6.45, 7) is 21.1. The number of hydrogen-bond acceptors (Lipinski definition) is 2. The van der Waals surface area contributed by atoms with E-state index in [1.807, 2.05) is 0 Å². The van der Waals surface area contributed by atoms with Gasteiger partial charge in [-0.15, -0.1) is 0 Å². The number of nitrogens with zero attached hydrogens (tertiary/aromatic N) is 4. The molecule has 0 radical (unpaired) electrons. The van der Waals surface area contributed by atoms with E-state index >= 15 is 0 Å². The van der Waals surface area contributed by atoms with Crippen LogP contribution in [-0.4, -0.2) is 15.8 Å². The smallest absolute Gasteiger partial charge is 0.252 e. The molecule has 0 atom stereocenters. The minimum Gasteiger partial charge on any atom is -0.310 e.